The molecule has 2 heterocycles. The van der Waals surface area contributed by atoms with Crippen LogP contribution in [0.15, 0.2) is 45.7 Å². The van der Waals surface area contributed by atoms with Crippen molar-refractivity contribution in [3.05, 3.63) is 64.0 Å². The van der Waals surface area contributed by atoms with Crippen molar-refractivity contribution in [1.29, 1.82) is 0 Å². The van der Waals surface area contributed by atoms with Crippen LogP contribution in [0.4, 0.5) is 27.5 Å². The number of fused-ring (bicyclic) bond motifs is 1. The lowest BCUT2D eigenvalue weighted by molar-refractivity contribution is 0.191. The molecule has 0 spiro atoms. The van der Waals surface area contributed by atoms with Gasteiger partial charge in [-0.25, -0.2) is 18.7 Å². The first-order chi connectivity index (χ1) is 15.3. The van der Waals surface area contributed by atoms with Gasteiger partial charge in [0.1, 0.15) is 11.8 Å². The van der Waals surface area contributed by atoms with E-state index in [0.29, 0.717) is 39.8 Å². The summed E-state index contributed by atoms with van der Waals surface area (Å²) in [6, 6.07) is 8.20. The minimum Gasteiger partial charge on any atom is -0.494 e. The van der Waals surface area contributed by atoms with Crippen LogP contribution in [-0.2, 0) is 0 Å². The van der Waals surface area contributed by atoms with Crippen molar-refractivity contribution >= 4 is 43.5 Å². The molecule has 4 rings (SSSR count). The predicted octanol–water partition coefficient (Wildman–Crippen LogP) is 3.96. The second kappa shape index (κ2) is 8.57. The van der Waals surface area contributed by atoms with Gasteiger partial charge in [0, 0.05) is 29.2 Å². The van der Waals surface area contributed by atoms with E-state index in [1.54, 1.807) is 37.4 Å². The molecule has 4 aromatic rings. The van der Waals surface area contributed by atoms with Crippen molar-refractivity contribution in [2.75, 3.05) is 17.7 Å². The number of anilines is 4. The maximum Gasteiger partial charge on any atom is 0.422 e. The standard InChI is InChI=1S/C21H21FN5O4P/c1-10-6-13(8-16(30-3)17(10)22)25-19-23-9-11(2)18(26-19)24-12-4-5-15-14(7-12)27(21(29)32)20(28)31-15/h4-9,21,29H,32H2,1-3H3,(H2,23,24,25,26). The Labute approximate surface area is 184 Å². The first-order valence-electron chi connectivity index (χ1n) is 9.57. The number of benzene rings is 2. The van der Waals surface area contributed by atoms with Gasteiger partial charge in [-0.2, -0.15) is 4.98 Å². The highest BCUT2D eigenvalue weighted by atomic mass is 31.0. The van der Waals surface area contributed by atoms with Gasteiger partial charge in [-0.1, -0.05) is 9.24 Å². The van der Waals surface area contributed by atoms with Gasteiger partial charge in [-0.3, -0.25) is 0 Å². The van der Waals surface area contributed by atoms with Crippen LogP contribution in [0, 0.1) is 19.7 Å². The largest absolute Gasteiger partial charge is 0.494 e. The van der Waals surface area contributed by atoms with E-state index in [0.717, 1.165) is 10.1 Å². The maximum absolute atomic E-state index is 14.0. The molecule has 0 amide bonds. The number of halogens is 1. The maximum atomic E-state index is 14.0. The predicted molar refractivity (Wildman–Crippen MR) is 122 cm³/mol. The molecule has 0 fully saturated rings. The lowest BCUT2D eigenvalue weighted by Gasteiger charge is -2.13. The molecular formula is C21H21FN5O4P. The van der Waals surface area contributed by atoms with E-state index in [1.165, 1.54) is 13.2 Å². The quantitative estimate of drug-likeness (QED) is 0.373. The van der Waals surface area contributed by atoms with Crippen molar-refractivity contribution in [2.24, 2.45) is 0 Å². The molecule has 11 heteroatoms. The molecule has 3 N–H and O–H groups in total. The highest BCUT2D eigenvalue weighted by Crippen LogP contribution is 2.28. The number of rotatable bonds is 6. The lowest BCUT2D eigenvalue weighted by Crippen LogP contribution is -2.15. The zero-order chi connectivity index (χ0) is 23.0. The van der Waals surface area contributed by atoms with Gasteiger partial charge in [0.05, 0.1) is 12.6 Å². The van der Waals surface area contributed by atoms with Crippen molar-refractivity contribution in [1.82, 2.24) is 14.5 Å². The van der Waals surface area contributed by atoms with Crippen molar-refractivity contribution in [3.8, 4) is 5.75 Å². The van der Waals surface area contributed by atoms with Gasteiger partial charge in [0.15, 0.2) is 17.1 Å². The fourth-order valence-electron chi connectivity index (χ4n) is 3.21. The minimum absolute atomic E-state index is 0.119. The van der Waals surface area contributed by atoms with Crippen molar-refractivity contribution < 1.29 is 18.7 Å². The van der Waals surface area contributed by atoms with Gasteiger partial charge in [-0.15, -0.1) is 0 Å². The molecular weight excluding hydrogens is 436 g/mol. The van der Waals surface area contributed by atoms with Gasteiger partial charge < -0.3 is 24.9 Å². The first kappa shape index (κ1) is 21.7. The molecule has 2 unspecified atom stereocenters. The Kier molecular flexibility index (Phi) is 5.82. The number of oxazole rings is 1. The molecule has 0 aliphatic carbocycles. The van der Waals surface area contributed by atoms with Crippen LogP contribution in [0.1, 0.15) is 17.1 Å². The summed E-state index contributed by atoms with van der Waals surface area (Å²) in [5, 5.41) is 16.1. The Morgan fingerprint density at radius 3 is 2.69 bits per heavy atom. The van der Waals surface area contributed by atoms with E-state index in [2.05, 4.69) is 29.8 Å². The second-order valence-electron chi connectivity index (χ2n) is 7.12. The van der Waals surface area contributed by atoms with Gasteiger partial charge >= 0.3 is 5.76 Å². The third-order valence-electron chi connectivity index (χ3n) is 4.81. The van der Waals surface area contributed by atoms with Crippen LogP contribution in [0.2, 0.25) is 0 Å². The minimum atomic E-state index is -1.12. The van der Waals surface area contributed by atoms with Crippen LogP contribution in [0.3, 0.4) is 0 Å². The number of hydrogen-bond acceptors (Lipinski definition) is 8. The Hall–Kier alpha value is -3.49. The summed E-state index contributed by atoms with van der Waals surface area (Å²) >= 11 is 0. The Bertz CT molecular complexity index is 1370. The monoisotopic (exact) mass is 457 g/mol. The summed E-state index contributed by atoms with van der Waals surface area (Å²) in [5.74, 6) is -1.26. The Balaban J connectivity index is 1.65. The molecule has 0 saturated heterocycles. The van der Waals surface area contributed by atoms with E-state index in [-0.39, 0.29) is 5.75 Å². The fourth-order valence-corrected chi connectivity index (χ4v) is 3.50. The highest BCUT2D eigenvalue weighted by molar-refractivity contribution is 7.16. The molecule has 0 aliphatic heterocycles. The number of nitrogens with one attached hydrogen (secondary N) is 2. The Morgan fingerprint density at radius 1 is 1.19 bits per heavy atom. The van der Waals surface area contributed by atoms with E-state index in [4.69, 9.17) is 9.15 Å². The number of methoxy groups -OCH3 is 1. The molecule has 9 nitrogen and oxygen atoms in total. The van der Waals surface area contributed by atoms with Gasteiger partial charge in [-0.05, 0) is 43.7 Å². The molecule has 2 atom stereocenters. The fraction of sp³-hybridized carbons (Fsp3) is 0.190. The van der Waals surface area contributed by atoms with E-state index in [9.17, 15) is 14.3 Å². The summed E-state index contributed by atoms with van der Waals surface area (Å²) in [6.07, 6.45) is 1.64. The molecule has 0 aliphatic rings. The van der Waals surface area contributed by atoms with Crippen molar-refractivity contribution in [2.45, 2.75) is 19.8 Å². The summed E-state index contributed by atoms with van der Waals surface area (Å²) in [7, 11) is 3.55. The number of aryl methyl sites for hydroxylation is 2. The van der Waals surface area contributed by atoms with E-state index < -0.39 is 17.5 Å². The number of hydrogen-bond donors (Lipinski definition) is 3. The van der Waals surface area contributed by atoms with Crippen LogP contribution in [-0.4, -0.2) is 26.8 Å². The Morgan fingerprint density at radius 2 is 1.97 bits per heavy atom. The van der Waals surface area contributed by atoms with E-state index >= 15 is 0 Å². The number of aliphatic hydroxyl groups is 1. The lowest BCUT2D eigenvalue weighted by atomic mass is 10.2. The summed E-state index contributed by atoms with van der Waals surface area (Å²) in [5.41, 5.74) is 3.19. The third kappa shape index (κ3) is 4.15. The summed E-state index contributed by atoms with van der Waals surface area (Å²) < 4.78 is 25.4. The number of nitrogens with zero attached hydrogens (tertiary/aromatic N) is 3. The van der Waals surface area contributed by atoms with Crippen LogP contribution in [0.5, 0.6) is 5.75 Å². The average Bonchev–Trinajstić information content (AvgIpc) is 3.08. The number of ether oxygens (including phenoxy) is 1. The zero-order valence-corrected chi connectivity index (χ0v) is 18.7. The van der Waals surface area contributed by atoms with Gasteiger partial charge in [0.25, 0.3) is 0 Å². The molecule has 2 aromatic heterocycles. The summed E-state index contributed by atoms with van der Waals surface area (Å²) in [4.78, 5) is 20.7. The molecule has 166 valence electrons. The molecule has 0 saturated carbocycles. The number of aliphatic hydroxyl groups excluding tert-OH is 1. The normalized spacial score (nSPS) is 12.1. The topological polar surface area (TPSA) is 114 Å². The van der Waals surface area contributed by atoms with Gasteiger partial charge in [0.2, 0.25) is 5.95 Å². The van der Waals surface area contributed by atoms with E-state index in [1.807, 2.05) is 6.92 Å². The average molecular weight is 457 g/mol. The van der Waals surface area contributed by atoms with Crippen molar-refractivity contribution in [3.63, 3.8) is 0 Å². The first-order valence-corrected chi connectivity index (χ1v) is 10.2. The second-order valence-corrected chi connectivity index (χ2v) is 7.71. The summed E-state index contributed by atoms with van der Waals surface area (Å²) in [6.45, 7) is 3.49. The smallest absolute Gasteiger partial charge is 0.422 e. The molecule has 0 radical (unpaired) electrons. The zero-order valence-electron chi connectivity index (χ0n) is 17.5. The SMILES string of the molecule is COc1cc(Nc2ncc(C)c(Nc3ccc4oc(=O)n(C(O)P)c4c3)n2)cc(C)c1F. The van der Waals surface area contributed by atoms with Crippen LogP contribution in [0.25, 0.3) is 11.1 Å². The van der Waals surface area contributed by atoms with Crippen LogP contribution < -0.4 is 21.1 Å². The number of aromatic nitrogens is 3. The van der Waals surface area contributed by atoms with Crippen LogP contribution >= 0.6 is 9.24 Å². The third-order valence-corrected chi connectivity index (χ3v) is 5.11. The molecule has 0 bridgehead atoms. The highest BCUT2D eigenvalue weighted by Gasteiger charge is 2.15. The molecule has 32 heavy (non-hydrogen) atoms. The molecule has 2 aromatic carbocycles.